The van der Waals surface area contributed by atoms with Crippen LogP contribution in [-0.4, -0.2) is 15.9 Å². The Labute approximate surface area is 225 Å². The first-order chi connectivity index (χ1) is 18.3. The smallest absolute Gasteiger partial charge is 0.157 e. The Morgan fingerprint density at radius 1 is 0.757 bits per heavy atom. The zero-order valence-corrected chi connectivity index (χ0v) is 23.7. The number of nitriles is 1. The summed E-state index contributed by atoms with van der Waals surface area (Å²) in [7, 11) is 0. The van der Waals surface area contributed by atoms with Gasteiger partial charge < -0.3 is 5.32 Å². The average Bonchev–Trinajstić information content (AvgIpc) is 3.30. The number of nitrogens with zero attached hydrogens (tertiary/aromatic N) is 3. The number of aryl methyl sites for hydroxylation is 1. The number of aromatic nitrogens is 2. The number of pyridine rings is 1. The van der Waals surface area contributed by atoms with Gasteiger partial charge in [-0.05, 0) is 36.6 Å². The van der Waals surface area contributed by atoms with E-state index >= 15 is 0 Å². The summed E-state index contributed by atoms with van der Waals surface area (Å²) in [5.41, 5.74) is 4.60. The molecule has 0 aliphatic rings. The van der Waals surface area contributed by atoms with Crippen LogP contribution >= 0.6 is 0 Å². The van der Waals surface area contributed by atoms with Crippen molar-refractivity contribution in [3.05, 3.63) is 41.5 Å². The van der Waals surface area contributed by atoms with Crippen LogP contribution in [0.3, 0.4) is 0 Å². The minimum atomic E-state index is 0.714. The number of anilines is 1. The molecule has 3 rings (SSSR count). The van der Waals surface area contributed by atoms with Crippen molar-refractivity contribution in [3.63, 3.8) is 0 Å². The number of para-hydroxylation sites is 2. The van der Waals surface area contributed by atoms with Crippen LogP contribution < -0.4 is 5.32 Å². The van der Waals surface area contributed by atoms with Crippen LogP contribution in [0, 0.1) is 11.3 Å². The van der Waals surface area contributed by atoms with Gasteiger partial charge in [-0.3, -0.25) is 4.40 Å². The summed E-state index contributed by atoms with van der Waals surface area (Å²) in [6.45, 7) is 5.41. The summed E-state index contributed by atoms with van der Waals surface area (Å²) >= 11 is 0. The van der Waals surface area contributed by atoms with Crippen LogP contribution in [0.15, 0.2) is 30.3 Å². The second-order valence-electron chi connectivity index (χ2n) is 10.8. The van der Waals surface area contributed by atoms with Gasteiger partial charge in [0.1, 0.15) is 11.9 Å². The fraction of sp³-hybridized carbons (Fsp3) is 0.636. The second-order valence-corrected chi connectivity index (χ2v) is 10.8. The zero-order chi connectivity index (χ0) is 26.1. The molecule has 0 amide bonds. The molecule has 0 aliphatic carbocycles. The number of unbranched alkanes of at least 4 members (excludes halogenated alkanes) is 15. The first-order valence-electron chi connectivity index (χ1n) is 15.4. The molecule has 0 saturated heterocycles. The van der Waals surface area contributed by atoms with Gasteiger partial charge in [-0.1, -0.05) is 129 Å². The monoisotopic (exact) mass is 502 g/mol. The standard InChI is InChI=1S/C33H50N4/c1-3-5-6-7-8-9-10-11-12-13-14-15-16-17-18-21-25-35-32-26-28(22-4-2)29(27-34)33-36-30-23-19-20-24-31(30)37(32)33/h19-20,23-24,26,35H,3-18,21-22,25H2,1-2H3. The SMILES string of the molecule is CCCCCCCCCCCCCCCCCCNc1cc(CCC)c(C#N)c2nc3ccccc3n12. The topological polar surface area (TPSA) is 53.1 Å². The van der Waals surface area contributed by atoms with Crippen molar-refractivity contribution in [2.24, 2.45) is 0 Å². The van der Waals surface area contributed by atoms with E-state index in [1.54, 1.807) is 0 Å². The summed E-state index contributed by atoms with van der Waals surface area (Å²) in [5.74, 6) is 1.06. The molecule has 0 saturated carbocycles. The first-order valence-corrected chi connectivity index (χ1v) is 15.4. The molecular formula is C33H50N4. The zero-order valence-electron chi connectivity index (χ0n) is 23.7. The van der Waals surface area contributed by atoms with E-state index in [9.17, 15) is 5.26 Å². The van der Waals surface area contributed by atoms with Crippen molar-refractivity contribution >= 4 is 22.5 Å². The summed E-state index contributed by atoms with van der Waals surface area (Å²) < 4.78 is 2.14. The highest BCUT2D eigenvalue weighted by Crippen LogP contribution is 2.28. The van der Waals surface area contributed by atoms with Gasteiger partial charge in [-0.2, -0.15) is 5.26 Å². The average molecular weight is 503 g/mol. The number of fused-ring (bicyclic) bond motifs is 3. The molecule has 0 atom stereocenters. The Kier molecular flexibility index (Phi) is 13.4. The van der Waals surface area contributed by atoms with Crippen molar-refractivity contribution in [2.75, 3.05) is 11.9 Å². The van der Waals surface area contributed by atoms with E-state index in [-0.39, 0.29) is 0 Å². The number of hydrogen-bond acceptors (Lipinski definition) is 3. The highest BCUT2D eigenvalue weighted by atomic mass is 15.1. The maximum Gasteiger partial charge on any atom is 0.157 e. The summed E-state index contributed by atoms with van der Waals surface area (Å²) in [4.78, 5) is 4.82. The third-order valence-electron chi connectivity index (χ3n) is 7.62. The molecule has 0 spiro atoms. The van der Waals surface area contributed by atoms with Crippen LogP contribution in [0.1, 0.15) is 134 Å². The lowest BCUT2D eigenvalue weighted by Crippen LogP contribution is -2.08. The molecule has 0 radical (unpaired) electrons. The van der Waals surface area contributed by atoms with Gasteiger partial charge in [0.05, 0.1) is 16.6 Å². The minimum Gasteiger partial charge on any atom is -0.371 e. The van der Waals surface area contributed by atoms with Gasteiger partial charge in [0, 0.05) is 6.54 Å². The van der Waals surface area contributed by atoms with Crippen LogP contribution in [0.5, 0.6) is 0 Å². The minimum absolute atomic E-state index is 0.714. The Bertz CT molecular complexity index is 1090. The van der Waals surface area contributed by atoms with E-state index in [0.717, 1.165) is 47.4 Å². The highest BCUT2D eigenvalue weighted by molar-refractivity contribution is 5.85. The van der Waals surface area contributed by atoms with Gasteiger partial charge in [-0.15, -0.1) is 0 Å². The maximum atomic E-state index is 9.87. The third-order valence-corrected chi connectivity index (χ3v) is 7.62. The predicted molar refractivity (Wildman–Crippen MR) is 159 cm³/mol. The summed E-state index contributed by atoms with van der Waals surface area (Å²) in [6, 6.07) is 12.8. The molecular weight excluding hydrogens is 452 g/mol. The molecule has 1 aromatic carbocycles. The van der Waals surface area contributed by atoms with Gasteiger partial charge in [0.25, 0.3) is 0 Å². The molecule has 0 unspecified atom stereocenters. The summed E-state index contributed by atoms with van der Waals surface area (Å²) in [6.07, 6.45) is 24.1. The lowest BCUT2D eigenvalue weighted by atomic mass is 10.0. The van der Waals surface area contributed by atoms with E-state index in [1.165, 1.54) is 103 Å². The van der Waals surface area contributed by atoms with E-state index < -0.39 is 0 Å². The quantitative estimate of drug-likeness (QED) is 0.156. The highest BCUT2D eigenvalue weighted by Gasteiger charge is 2.16. The van der Waals surface area contributed by atoms with Crippen LogP contribution in [0.4, 0.5) is 5.82 Å². The van der Waals surface area contributed by atoms with Crippen molar-refractivity contribution in [2.45, 2.75) is 129 Å². The number of benzene rings is 1. The van der Waals surface area contributed by atoms with Crippen LogP contribution in [0.25, 0.3) is 16.7 Å². The largest absolute Gasteiger partial charge is 0.371 e. The molecule has 0 fully saturated rings. The third kappa shape index (κ3) is 9.06. The fourth-order valence-electron chi connectivity index (χ4n) is 5.49. The molecule has 4 heteroatoms. The maximum absolute atomic E-state index is 9.87. The van der Waals surface area contributed by atoms with E-state index in [1.807, 2.05) is 18.2 Å². The van der Waals surface area contributed by atoms with Gasteiger partial charge in [0.15, 0.2) is 5.65 Å². The Hall–Kier alpha value is -2.54. The number of imidazole rings is 1. The number of nitrogens with one attached hydrogen (secondary N) is 1. The number of hydrogen-bond donors (Lipinski definition) is 1. The van der Waals surface area contributed by atoms with Gasteiger partial charge in [0.2, 0.25) is 0 Å². The van der Waals surface area contributed by atoms with Crippen molar-refractivity contribution < 1.29 is 0 Å². The number of rotatable bonds is 20. The van der Waals surface area contributed by atoms with E-state index in [2.05, 4.69) is 41.8 Å². The van der Waals surface area contributed by atoms with E-state index in [4.69, 9.17) is 4.98 Å². The molecule has 1 N–H and O–H groups in total. The Morgan fingerprint density at radius 2 is 1.32 bits per heavy atom. The predicted octanol–water partition coefficient (Wildman–Crippen LogP) is 9.99. The second kappa shape index (κ2) is 17.1. The van der Waals surface area contributed by atoms with Crippen molar-refractivity contribution in [1.82, 2.24) is 9.38 Å². The molecule has 202 valence electrons. The summed E-state index contributed by atoms with van der Waals surface area (Å²) in [5, 5.41) is 13.5. The van der Waals surface area contributed by atoms with Crippen LogP contribution in [-0.2, 0) is 6.42 Å². The first kappa shape index (κ1) is 29.0. The van der Waals surface area contributed by atoms with Crippen LogP contribution in [0.2, 0.25) is 0 Å². The van der Waals surface area contributed by atoms with E-state index in [0.29, 0.717) is 5.56 Å². The normalized spacial score (nSPS) is 11.4. The Balaban J connectivity index is 1.34. The molecule has 0 bridgehead atoms. The molecule has 4 nitrogen and oxygen atoms in total. The van der Waals surface area contributed by atoms with Gasteiger partial charge >= 0.3 is 0 Å². The Morgan fingerprint density at radius 3 is 1.89 bits per heavy atom. The fourth-order valence-corrected chi connectivity index (χ4v) is 5.49. The molecule has 3 aromatic rings. The molecule has 2 aromatic heterocycles. The molecule has 2 heterocycles. The lowest BCUT2D eigenvalue weighted by molar-refractivity contribution is 0.530. The van der Waals surface area contributed by atoms with Gasteiger partial charge in [-0.25, -0.2) is 4.98 Å². The van der Waals surface area contributed by atoms with Crippen molar-refractivity contribution in [3.8, 4) is 6.07 Å². The molecule has 0 aliphatic heterocycles. The lowest BCUT2D eigenvalue weighted by Gasteiger charge is -2.14. The van der Waals surface area contributed by atoms with Crippen molar-refractivity contribution in [1.29, 1.82) is 5.26 Å². The molecule has 37 heavy (non-hydrogen) atoms.